The molecule has 2 heterocycles. The molecule has 0 fully saturated rings. The molecule has 0 aliphatic rings. The molecule has 0 unspecified atom stereocenters. The Kier molecular flexibility index (Phi) is 3.23. The molecule has 0 radical (unpaired) electrons. The number of nitrogen functional groups attached to an aromatic ring is 1. The first-order valence-corrected chi connectivity index (χ1v) is 6.57. The molecule has 0 saturated carbocycles. The van der Waals surface area contributed by atoms with Crippen LogP contribution in [0.5, 0.6) is 0 Å². The summed E-state index contributed by atoms with van der Waals surface area (Å²) >= 11 is 3.31. The van der Waals surface area contributed by atoms with Gasteiger partial charge in [0.1, 0.15) is 5.82 Å². The van der Waals surface area contributed by atoms with Crippen LogP contribution in [0, 0.1) is 5.82 Å². The van der Waals surface area contributed by atoms with Crippen LogP contribution in [-0.2, 0) is 0 Å². The minimum absolute atomic E-state index is 0.213. The van der Waals surface area contributed by atoms with Crippen molar-refractivity contribution in [3.05, 3.63) is 53.0 Å². The number of nitrogens with zero attached hydrogens (tertiary/aromatic N) is 2. The SMILES string of the molecule is Nc1noc(-c2cc(Br)ccc2F)c1-c1ccncc1. The standard InChI is InChI=1S/C14H9BrFN3O/c15-9-1-2-11(16)10(7-9)13-12(14(17)19-20-13)8-3-5-18-6-4-8/h1-7H,(H2,17,19). The summed E-state index contributed by atoms with van der Waals surface area (Å²) in [7, 11) is 0. The first kappa shape index (κ1) is 12.8. The Morgan fingerprint density at radius 2 is 1.90 bits per heavy atom. The van der Waals surface area contributed by atoms with Gasteiger partial charge in [-0.15, -0.1) is 0 Å². The average Bonchev–Trinajstić information content (AvgIpc) is 2.84. The van der Waals surface area contributed by atoms with E-state index in [1.165, 1.54) is 6.07 Å². The molecule has 0 aliphatic carbocycles. The number of nitrogens with two attached hydrogens (primary N) is 1. The van der Waals surface area contributed by atoms with Gasteiger partial charge in [0, 0.05) is 16.9 Å². The van der Waals surface area contributed by atoms with Gasteiger partial charge in [-0.3, -0.25) is 4.98 Å². The molecule has 0 amide bonds. The van der Waals surface area contributed by atoms with Gasteiger partial charge >= 0.3 is 0 Å². The highest BCUT2D eigenvalue weighted by molar-refractivity contribution is 9.10. The molecule has 0 atom stereocenters. The lowest BCUT2D eigenvalue weighted by atomic mass is 10.0. The van der Waals surface area contributed by atoms with E-state index in [9.17, 15) is 4.39 Å². The third-order valence-corrected chi connectivity index (χ3v) is 3.35. The number of rotatable bonds is 2. The molecule has 100 valence electrons. The molecule has 3 aromatic rings. The van der Waals surface area contributed by atoms with Crippen molar-refractivity contribution in [2.45, 2.75) is 0 Å². The zero-order valence-corrected chi connectivity index (χ0v) is 11.8. The summed E-state index contributed by atoms with van der Waals surface area (Å²) in [5.41, 5.74) is 7.47. The summed E-state index contributed by atoms with van der Waals surface area (Å²) in [5, 5.41) is 3.74. The molecule has 20 heavy (non-hydrogen) atoms. The Bertz CT molecular complexity index is 758. The summed E-state index contributed by atoms with van der Waals surface area (Å²) in [4.78, 5) is 3.95. The van der Waals surface area contributed by atoms with Crippen molar-refractivity contribution < 1.29 is 8.91 Å². The summed E-state index contributed by atoms with van der Waals surface area (Å²) in [6, 6.07) is 8.13. The molecular formula is C14H9BrFN3O. The molecule has 0 saturated heterocycles. The second-order valence-corrected chi connectivity index (χ2v) is 5.05. The predicted octanol–water partition coefficient (Wildman–Crippen LogP) is 3.89. The molecule has 0 bridgehead atoms. The first-order valence-electron chi connectivity index (χ1n) is 5.78. The van der Waals surface area contributed by atoms with Crippen LogP contribution in [0.25, 0.3) is 22.5 Å². The summed E-state index contributed by atoms with van der Waals surface area (Å²) in [6.07, 6.45) is 3.26. The average molecular weight is 334 g/mol. The summed E-state index contributed by atoms with van der Waals surface area (Å²) in [5.74, 6) is 0.109. The zero-order valence-electron chi connectivity index (χ0n) is 10.2. The minimum atomic E-state index is -0.403. The highest BCUT2D eigenvalue weighted by Crippen LogP contribution is 2.38. The van der Waals surface area contributed by atoms with Gasteiger partial charge in [-0.1, -0.05) is 21.1 Å². The van der Waals surface area contributed by atoms with E-state index in [1.54, 1.807) is 36.7 Å². The van der Waals surface area contributed by atoms with Crippen molar-refractivity contribution in [3.8, 4) is 22.5 Å². The van der Waals surface area contributed by atoms with E-state index in [0.717, 1.165) is 10.0 Å². The third-order valence-electron chi connectivity index (χ3n) is 2.86. The highest BCUT2D eigenvalue weighted by atomic mass is 79.9. The van der Waals surface area contributed by atoms with E-state index in [0.29, 0.717) is 16.9 Å². The maximum absolute atomic E-state index is 14.0. The predicted molar refractivity (Wildman–Crippen MR) is 77.2 cm³/mol. The van der Waals surface area contributed by atoms with Gasteiger partial charge < -0.3 is 10.3 Å². The van der Waals surface area contributed by atoms with Gasteiger partial charge in [-0.2, -0.15) is 0 Å². The first-order chi connectivity index (χ1) is 9.66. The Labute approximate surface area is 122 Å². The van der Waals surface area contributed by atoms with E-state index in [-0.39, 0.29) is 5.82 Å². The Balaban J connectivity index is 2.24. The Morgan fingerprint density at radius 3 is 2.65 bits per heavy atom. The van der Waals surface area contributed by atoms with Crippen LogP contribution in [0.1, 0.15) is 0 Å². The molecule has 4 nitrogen and oxygen atoms in total. The van der Waals surface area contributed by atoms with Crippen LogP contribution in [0.2, 0.25) is 0 Å². The topological polar surface area (TPSA) is 64.9 Å². The van der Waals surface area contributed by atoms with E-state index in [4.69, 9.17) is 10.3 Å². The minimum Gasteiger partial charge on any atom is -0.380 e. The molecule has 0 spiro atoms. The summed E-state index contributed by atoms with van der Waals surface area (Å²) in [6.45, 7) is 0. The van der Waals surface area contributed by atoms with Crippen LogP contribution in [-0.4, -0.2) is 10.1 Å². The van der Waals surface area contributed by atoms with E-state index in [2.05, 4.69) is 26.1 Å². The van der Waals surface area contributed by atoms with Gasteiger partial charge in [-0.05, 0) is 35.9 Å². The number of pyridine rings is 1. The second kappa shape index (κ2) is 5.05. The van der Waals surface area contributed by atoms with E-state index in [1.807, 2.05) is 0 Å². The van der Waals surface area contributed by atoms with E-state index >= 15 is 0 Å². The number of aromatic nitrogens is 2. The molecule has 0 aliphatic heterocycles. The lowest BCUT2D eigenvalue weighted by Gasteiger charge is -2.04. The number of hydrogen-bond acceptors (Lipinski definition) is 4. The number of halogens is 2. The fourth-order valence-corrected chi connectivity index (χ4v) is 2.32. The normalized spacial score (nSPS) is 10.7. The third kappa shape index (κ3) is 2.18. The number of anilines is 1. The van der Waals surface area contributed by atoms with Crippen molar-refractivity contribution >= 4 is 21.7 Å². The van der Waals surface area contributed by atoms with Gasteiger partial charge in [0.2, 0.25) is 0 Å². The van der Waals surface area contributed by atoms with Crippen LogP contribution in [0.3, 0.4) is 0 Å². The Hall–Kier alpha value is -2.21. The fraction of sp³-hybridized carbons (Fsp3) is 0. The number of hydrogen-bond donors (Lipinski definition) is 1. The highest BCUT2D eigenvalue weighted by Gasteiger charge is 2.20. The molecule has 2 N–H and O–H groups in total. The lowest BCUT2D eigenvalue weighted by molar-refractivity contribution is 0.433. The largest absolute Gasteiger partial charge is 0.380 e. The van der Waals surface area contributed by atoms with Crippen molar-refractivity contribution in [2.75, 3.05) is 5.73 Å². The monoisotopic (exact) mass is 333 g/mol. The van der Waals surface area contributed by atoms with Crippen LogP contribution >= 0.6 is 15.9 Å². The van der Waals surface area contributed by atoms with Crippen molar-refractivity contribution in [1.29, 1.82) is 0 Å². The van der Waals surface area contributed by atoms with Gasteiger partial charge in [0.25, 0.3) is 0 Å². The smallest absolute Gasteiger partial charge is 0.179 e. The zero-order chi connectivity index (χ0) is 14.1. The molecule has 3 rings (SSSR count). The van der Waals surface area contributed by atoms with Gasteiger partial charge in [0.15, 0.2) is 11.6 Å². The van der Waals surface area contributed by atoms with Crippen molar-refractivity contribution in [3.63, 3.8) is 0 Å². The molecule has 1 aromatic carbocycles. The molecule has 2 aromatic heterocycles. The van der Waals surface area contributed by atoms with Crippen LogP contribution in [0.4, 0.5) is 10.2 Å². The number of benzene rings is 1. The molecule has 6 heteroatoms. The second-order valence-electron chi connectivity index (χ2n) is 4.13. The van der Waals surface area contributed by atoms with Gasteiger partial charge in [-0.25, -0.2) is 4.39 Å². The fourth-order valence-electron chi connectivity index (χ4n) is 1.96. The maximum Gasteiger partial charge on any atom is 0.179 e. The Morgan fingerprint density at radius 1 is 1.15 bits per heavy atom. The quantitative estimate of drug-likeness (QED) is 0.772. The van der Waals surface area contributed by atoms with Gasteiger partial charge in [0.05, 0.1) is 11.1 Å². The molecular weight excluding hydrogens is 325 g/mol. The lowest BCUT2D eigenvalue weighted by Crippen LogP contribution is -1.90. The van der Waals surface area contributed by atoms with Crippen LogP contribution < -0.4 is 5.73 Å². The van der Waals surface area contributed by atoms with Crippen molar-refractivity contribution in [1.82, 2.24) is 10.1 Å². The summed E-state index contributed by atoms with van der Waals surface area (Å²) < 4.78 is 20.0. The van der Waals surface area contributed by atoms with Crippen LogP contribution in [0.15, 0.2) is 51.7 Å². The maximum atomic E-state index is 14.0. The van der Waals surface area contributed by atoms with E-state index < -0.39 is 5.82 Å². The van der Waals surface area contributed by atoms with Crippen molar-refractivity contribution in [2.24, 2.45) is 0 Å².